The van der Waals surface area contributed by atoms with Crippen LogP contribution in [0.3, 0.4) is 0 Å². The number of nitrogens with zero attached hydrogens (tertiary/aromatic N) is 3. The second kappa shape index (κ2) is 11.0. The molecule has 0 unspecified atom stereocenters. The number of fused-ring (bicyclic) bond motifs is 6. The molecule has 3 heteroatoms. The molecule has 228 valence electrons. The minimum Gasteiger partial charge on any atom is -0.309 e. The molecule has 10 rings (SSSR count). The molecule has 2 heterocycles. The van der Waals surface area contributed by atoms with Gasteiger partial charge in [-0.25, -0.2) is 9.97 Å². The molecule has 0 aliphatic heterocycles. The Morgan fingerprint density at radius 3 is 1.82 bits per heavy atom. The largest absolute Gasteiger partial charge is 0.309 e. The number of aromatic nitrogens is 3. The molecule has 0 amide bonds. The van der Waals surface area contributed by atoms with Gasteiger partial charge in [0, 0.05) is 32.8 Å². The van der Waals surface area contributed by atoms with Crippen LogP contribution in [-0.2, 0) is 0 Å². The molecule has 0 saturated carbocycles. The molecule has 10 aromatic rings. The monoisotopic (exact) mass is 623 g/mol. The Morgan fingerprint density at radius 2 is 0.980 bits per heavy atom. The van der Waals surface area contributed by atoms with Gasteiger partial charge in [0.05, 0.1) is 28.1 Å². The number of para-hydroxylation sites is 1. The highest BCUT2D eigenvalue weighted by Gasteiger charge is 2.18. The summed E-state index contributed by atoms with van der Waals surface area (Å²) in [5.41, 5.74) is 8.38. The van der Waals surface area contributed by atoms with Crippen LogP contribution in [0.4, 0.5) is 0 Å². The van der Waals surface area contributed by atoms with E-state index in [0.29, 0.717) is 5.82 Å². The molecule has 0 N–H and O–H groups in total. The van der Waals surface area contributed by atoms with Gasteiger partial charge in [-0.2, -0.15) is 0 Å². The van der Waals surface area contributed by atoms with Crippen molar-refractivity contribution in [1.82, 2.24) is 14.5 Å². The van der Waals surface area contributed by atoms with Crippen molar-refractivity contribution in [3.05, 3.63) is 176 Å². The van der Waals surface area contributed by atoms with Gasteiger partial charge in [-0.15, -0.1) is 0 Å². The van der Waals surface area contributed by atoms with Gasteiger partial charge in [0.2, 0.25) is 0 Å². The summed E-state index contributed by atoms with van der Waals surface area (Å²) in [5, 5.41) is 9.61. The zero-order valence-electron chi connectivity index (χ0n) is 26.6. The van der Waals surface area contributed by atoms with Gasteiger partial charge in [-0.1, -0.05) is 140 Å². The first-order valence-electron chi connectivity index (χ1n) is 16.7. The van der Waals surface area contributed by atoms with Crippen molar-refractivity contribution in [3.8, 4) is 39.6 Å². The predicted molar refractivity (Wildman–Crippen MR) is 205 cm³/mol. The van der Waals surface area contributed by atoms with Crippen molar-refractivity contribution >= 4 is 54.1 Å². The molecule has 0 fully saturated rings. The Hall–Kier alpha value is -6.58. The van der Waals surface area contributed by atoms with E-state index < -0.39 is 0 Å². The average molecular weight is 624 g/mol. The second-order valence-electron chi connectivity index (χ2n) is 12.6. The Balaban J connectivity index is 1.28. The van der Waals surface area contributed by atoms with Crippen LogP contribution in [-0.4, -0.2) is 14.5 Å². The summed E-state index contributed by atoms with van der Waals surface area (Å²) in [6, 6.07) is 62.6. The Kier molecular flexibility index (Phi) is 6.18. The molecule has 8 aromatic carbocycles. The van der Waals surface area contributed by atoms with Crippen LogP contribution in [0.5, 0.6) is 0 Å². The summed E-state index contributed by atoms with van der Waals surface area (Å²) >= 11 is 0. The minimum atomic E-state index is 0.697. The van der Waals surface area contributed by atoms with Crippen molar-refractivity contribution in [2.45, 2.75) is 0 Å². The number of hydrogen-bond acceptors (Lipinski definition) is 2. The van der Waals surface area contributed by atoms with Crippen molar-refractivity contribution in [2.24, 2.45) is 0 Å². The molecule has 0 radical (unpaired) electrons. The van der Waals surface area contributed by atoms with Gasteiger partial charge < -0.3 is 4.57 Å². The molecule has 0 atom stereocenters. The van der Waals surface area contributed by atoms with Gasteiger partial charge in [0.15, 0.2) is 5.82 Å². The normalized spacial score (nSPS) is 11.7. The fourth-order valence-corrected chi connectivity index (χ4v) is 7.44. The fraction of sp³-hybridized carbons (Fsp3) is 0. The summed E-state index contributed by atoms with van der Waals surface area (Å²) in [6.07, 6.45) is 0. The number of benzene rings is 8. The lowest BCUT2D eigenvalue weighted by molar-refractivity contribution is 1.17. The molecular weight excluding hydrogens is 595 g/mol. The minimum absolute atomic E-state index is 0.697. The first kappa shape index (κ1) is 27.5. The van der Waals surface area contributed by atoms with E-state index in [2.05, 4.69) is 174 Å². The lowest BCUT2D eigenvalue weighted by atomic mass is 10.00. The molecule has 0 spiro atoms. The molecule has 0 bridgehead atoms. The molecule has 0 aliphatic rings. The first-order chi connectivity index (χ1) is 24.3. The van der Waals surface area contributed by atoms with E-state index in [0.717, 1.165) is 39.2 Å². The Labute approximate surface area is 283 Å². The van der Waals surface area contributed by atoms with E-state index in [4.69, 9.17) is 9.97 Å². The Bertz CT molecular complexity index is 2880. The van der Waals surface area contributed by atoms with E-state index in [-0.39, 0.29) is 0 Å². The van der Waals surface area contributed by atoms with Crippen LogP contribution < -0.4 is 0 Å². The fourth-order valence-electron chi connectivity index (χ4n) is 7.44. The summed E-state index contributed by atoms with van der Waals surface area (Å²) < 4.78 is 2.43. The van der Waals surface area contributed by atoms with E-state index in [1.165, 1.54) is 48.7 Å². The van der Waals surface area contributed by atoms with Crippen LogP contribution in [0, 0.1) is 0 Å². The maximum Gasteiger partial charge on any atom is 0.160 e. The van der Waals surface area contributed by atoms with Crippen molar-refractivity contribution in [3.63, 3.8) is 0 Å². The predicted octanol–water partition coefficient (Wildman–Crippen LogP) is 12.0. The maximum atomic E-state index is 5.32. The standard InChI is InChI=1S/C46H29N3/c1-2-14-31(15-3-1)41-29-42(38-23-12-19-30-13-6-8-20-36(30)38)48-46(47-41)35-25-34-18-7-9-21-37(34)44(28-35)49-43-24-11-10-22-39(43)40-26-32-16-4-5-17-33(32)27-45(40)49/h1-29H. The van der Waals surface area contributed by atoms with Gasteiger partial charge in [-0.05, 0) is 63.3 Å². The lowest BCUT2D eigenvalue weighted by Crippen LogP contribution is -2.00. The zero-order chi connectivity index (χ0) is 32.3. The summed E-state index contributed by atoms with van der Waals surface area (Å²) in [7, 11) is 0. The average Bonchev–Trinajstić information content (AvgIpc) is 3.49. The van der Waals surface area contributed by atoms with Gasteiger partial charge in [0.25, 0.3) is 0 Å². The third-order valence-electron chi connectivity index (χ3n) is 9.74. The van der Waals surface area contributed by atoms with E-state index in [1.807, 2.05) is 6.07 Å². The highest BCUT2D eigenvalue weighted by Crippen LogP contribution is 2.39. The third kappa shape index (κ3) is 4.51. The maximum absolute atomic E-state index is 5.32. The van der Waals surface area contributed by atoms with E-state index in [1.54, 1.807) is 0 Å². The lowest BCUT2D eigenvalue weighted by Gasteiger charge is -2.15. The van der Waals surface area contributed by atoms with Gasteiger partial charge in [0.1, 0.15) is 0 Å². The number of hydrogen-bond donors (Lipinski definition) is 0. The molecule has 49 heavy (non-hydrogen) atoms. The van der Waals surface area contributed by atoms with Crippen LogP contribution in [0.15, 0.2) is 176 Å². The summed E-state index contributed by atoms with van der Waals surface area (Å²) in [5.74, 6) is 0.697. The van der Waals surface area contributed by atoms with Gasteiger partial charge >= 0.3 is 0 Å². The Morgan fingerprint density at radius 1 is 0.347 bits per heavy atom. The molecular formula is C46H29N3. The highest BCUT2D eigenvalue weighted by molar-refractivity contribution is 6.14. The van der Waals surface area contributed by atoms with Crippen LogP contribution in [0.2, 0.25) is 0 Å². The molecule has 2 aromatic heterocycles. The summed E-state index contributed by atoms with van der Waals surface area (Å²) in [6.45, 7) is 0. The highest BCUT2D eigenvalue weighted by atomic mass is 15.0. The van der Waals surface area contributed by atoms with E-state index in [9.17, 15) is 0 Å². The van der Waals surface area contributed by atoms with Crippen LogP contribution >= 0.6 is 0 Å². The number of rotatable bonds is 4. The molecule has 0 aliphatic carbocycles. The van der Waals surface area contributed by atoms with Crippen LogP contribution in [0.1, 0.15) is 0 Å². The summed E-state index contributed by atoms with van der Waals surface area (Å²) in [4.78, 5) is 10.6. The second-order valence-corrected chi connectivity index (χ2v) is 12.6. The quantitative estimate of drug-likeness (QED) is 0.195. The third-order valence-corrected chi connectivity index (χ3v) is 9.74. The molecule has 0 saturated heterocycles. The van der Waals surface area contributed by atoms with Crippen molar-refractivity contribution in [1.29, 1.82) is 0 Å². The zero-order valence-corrected chi connectivity index (χ0v) is 26.6. The van der Waals surface area contributed by atoms with Crippen molar-refractivity contribution < 1.29 is 0 Å². The molecule has 3 nitrogen and oxygen atoms in total. The van der Waals surface area contributed by atoms with Gasteiger partial charge in [-0.3, -0.25) is 0 Å². The SMILES string of the molecule is c1ccc(-c2cc(-c3cccc4ccccc34)nc(-c3cc(-n4c5ccccc5c5cc6ccccc6cc54)c4ccccc4c3)n2)cc1. The van der Waals surface area contributed by atoms with Crippen LogP contribution in [0.25, 0.3) is 93.7 Å². The first-order valence-corrected chi connectivity index (χ1v) is 16.7. The smallest absolute Gasteiger partial charge is 0.160 e. The van der Waals surface area contributed by atoms with E-state index >= 15 is 0 Å². The topological polar surface area (TPSA) is 30.7 Å². The van der Waals surface area contributed by atoms with Crippen molar-refractivity contribution in [2.75, 3.05) is 0 Å².